The highest BCUT2D eigenvalue weighted by Crippen LogP contribution is 2.04. The zero-order chi connectivity index (χ0) is 11.6. The first kappa shape index (κ1) is 14.9. The van der Waals surface area contributed by atoms with Crippen molar-refractivity contribution in [2.75, 3.05) is 13.2 Å². The third-order valence-corrected chi connectivity index (χ3v) is 2.82. The highest BCUT2D eigenvalue weighted by atomic mass is 32.3. The van der Waals surface area contributed by atoms with Gasteiger partial charge in [0.1, 0.15) is 0 Å². The second-order valence-corrected chi connectivity index (χ2v) is 4.75. The van der Waals surface area contributed by atoms with Crippen molar-refractivity contribution in [1.82, 2.24) is 0 Å². The van der Waals surface area contributed by atoms with E-state index in [-0.39, 0.29) is 13.2 Å². The predicted octanol–water partition coefficient (Wildman–Crippen LogP) is 2.64. The van der Waals surface area contributed by atoms with E-state index in [0.29, 0.717) is 6.42 Å². The molecule has 0 aromatic carbocycles. The van der Waals surface area contributed by atoms with Crippen LogP contribution in [0.5, 0.6) is 0 Å². The summed E-state index contributed by atoms with van der Waals surface area (Å²) in [5.41, 5.74) is 0. The van der Waals surface area contributed by atoms with Crippen LogP contribution in [0.4, 0.5) is 0 Å². The lowest BCUT2D eigenvalue weighted by Gasteiger charge is -2.04. The average Bonchev–Trinajstić information content (AvgIpc) is 2.20. The highest BCUT2D eigenvalue weighted by Gasteiger charge is 2.09. The molecule has 0 atom stereocenters. The van der Waals surface area contributed by atoms with Crippen LogP contribution in [0.3, 0.4) is 0 Å². The second kappa shape index (κ2) is 9.12. The van der Waals surface area contributed by atoms with Crippen LogP contribution in [-0.2, 0) is 18.8 Å². The maximum Gasteiger partial charge on any atom is 0.399 e. The molecule has 0 aromatic heterocycles. The zero-order valence-electron chi connectivity index (χ0n) is 9.70. The maximum absolute atomic E-state index is 11.0. The molecule has 0 heterocycles. The van der Waals surface area contributed by atoms with Crippen molar-refractivity contribution in [2.24, 2.45) is 0 Å². The summed E-state index contributed by atoms with van der Waals surface area (Å²) in [6, 6.07) is 0. The maximum atomic E-state index is 11.0. The summed E-state index contributed by atoms with van der Waals surface area (Å²) in [5, 5.41) is 0. The van der Waals surface area contributed by atoms with Crippen LogP contribution < -0.4 is 0 Å². The summed E-state index contributed by atoms with van der Waals surface area (Å²) in [4.78, 5) is 0. The summed E-state index contributed by atoms with van der Waals surface area (Å²) in [6.45, 7) is 4.41. The van der Waals surface area contributed by atoms with E-state index in [1.165, 1.54) is 12.8 Å². The molecule has 0 saturated heterocycles. The van der Waals surface area contributed by atoms with Crippen LogP contribution in [0.15, 0.2) is 0 Å². The van der Waals surface area contributed by atoms with E-state index in [1.807, 2.05) is 6.92 Å². The smallest absolute Gasteiger partial charge is 0.248 e. The third-order valence-electron chi connectivity index (χ3n) is 1.91. The van der Waals surface area contributed by atoms with Gasteiger partial charge in [-0.2, -0.15) is 8.42 Å². The predicted molar refractivity (Wildman–Crippen MR) is 59.9 cm³/mol. The Morgan fingerprint density at radius 2 is 1.40 bits per heavy atom. The molecule has 0 aliphatic carbocycles. The van der Waals surface area contributed by atoms with Crippen molar-refractivity contribution < 1.29 is 16.8 Å². The fourth-order valence-corrected chi connectivity index (χ4v) is 1.85. The Morgan fingerprint density at radius 3 is 2.00 bits per heavy atom. The summed E-state index contributed by atoms with van der Waals surface area (Å²) in [7, 11) is -3.74. The first-order chi connectivity index (χ1) is 7.12. The van der Waals surface area contributed by atoms with Gasteiger partial charge in [-0.1, -0.05) is 39.5 Å². The molecule has 0 rings (SSSR count). The normalized spacial score (nSPS) is 11.9. The van der Waals surface area contributed by atoms with E-state index < -0.39 is 10.4 Å². The lowest BCUT2D eigenvalue weighted by Crippen LogP contribution is -2.11. The first-order valence-electron chi connectivity index (χ1n) is 5.66. The van der Waals surface area contributed by atoms with Crippen molar-refractivity contribution in [2.45, 2.75) is 52.4 Å². The summed E-state index contributed by atoms with van der Waals surface area (Å²) in [5.74, 6) is 0. The lowest BCUT2D eigenvalue weighted by molar-refractivity contribution is 0.211. The van der Waals surface area contributed by atoms with Gasteiger partial charge in [-0.3, -0.25) is 0 Å². The summed E-state index contributed by atoms with van der Waals surface area (Å²) >= 11 is 0. The molecule has 0 N–H and O–H groups in total. The van der Waals surface area contributed by atoms with E-state index in [2.05, 4.69) is 15.3 Å². The minimum absolute atomic E-state index is 0.193. The van der Waals surface area contributed by atoms with Gasteiger partial charge in [0.15, 0.2) is 0 Å². The van der Waals surface area contributed by atoms with E-state index in [0.717, 1.165) is 19.3 Å². The van der Waals surface area contributed by atoms with Crippen LogP contribution in [0, 0.1) is 0 Å². The van der Waals surface area contributed by atoms with Crippen molar-refractivity contribution >= 4 is 10.4 Å². The molecule has 92 valence electrons. The Labute approximate surface area is 93.3 Å². The van der Waals surface area contributed by atoms with E-state index in [9.17, 15) is 8.42 Å². The molecule has 0 amide bonds. The van der Waals surface area contributed by atoms with Gasteiger partial charge in [0.25, 0.3) is 0 Å². The van der Waals surface area contributed by atoms with Gasteiger partial charge in [-0.25, -0.2) is 8.37 Å². The van der Waals surface area contributed by atoms with E-state index in [1.54, 1.807) is 0 Å². The minimum atomic E-state index is -3.74. The Kier molecular flexibility index (Phi) is 9.04. The minimum Gasteiger partial charge on any atom is -0.248 e. The van der Waals surface area contributed by atoms with Crippen LogP contribution in [0.1, 0.15) is 52.4 Å². The Bertz CT molecular complexity index is 224. The van der Waals surface area contributed by atoms with Crippen LogP contribution in [0.2, 0.25) is 0 Å². The first-order valence-corrected chi connectivity index (χ1v) is 6.99. The molecule has 0 spiro atoms. The van der Waals surface area contributed by atoms with Crippen LogP contribution in [-0.4, -0.2) is 21.6 Å². The molecule has 0 aliphatic heterocycles. The quantitative estimate of drug-likeness (QED) is 0.549. The highest BCUT2D eigenvalue weighted by molar-refractivity contribution is 7.81. The molecule has 0 unspecified atom stereocenters. The number of unbranched alkanes of at least 4 members (excludes halogenated alkanes) is 4. The number of hydrogen-bond donors (Lipinski definition) is 0. The lowest BCUT2D eigenvalue weighted by atomic mass is 10.2. The fourth-order valence-electron chi connectivity index (χ4n) is 1.09. The monoisotopic (exact) mass is 238 g/mol. The van der Waals surface area contributed by atoms with Crippen molar-refractivity contribution in [1.29, 1.82) is 0 Å². The Balaban J connectivity index is 3.41. The molecular formula is C10H22O4S. The molecule has 4 nitrogen and oxygen atoms in total. The number of hydrogen-bond acceptors (Lipinski definition) is 4. The SMILES string of the molecule is CCCCCCCOS(=O)(=O)OCCC. The Hall–Kier alpha value is -0.130. The Morgan fingerprint density at radius 1 is 0.800 bits per heavy atom. The van der Waals surface area contributed by atoms with Gasteiger partial charge < -0.3 is 0 Å². The molecule has 0 fully saturated rings. The van der Waals surface area contributed by atoms with Crippen LogP contribution >= 0.6 is 0 Å². The van der Waals surface area contributed by atoms with Gasteiger partial charge in [-0.15, -0.1) is 0 Å². The summed E-state index contributed by atoms with van der Waals surface area (Å²) in [6.07, 6.45) is 5.96. The third kappa shape index (κ3) is 10.2. The molecule has 0 bridgehead atoms. The molecule has 0 radical (unpaired) electrons. The molecule has 5 heteroatoms. The van der Waals surface area contributed by atoms with Gasteiger partial charge in [0.05, 0.1) is 13.2 Å². The van der Waals surface area contributed by atoms with E-state index >= 15 is 0 Å². The molecular weight excluding hydrogens is 216 g/mol. The van der Waals surface area contributed by atoms with Crippen molar-refractivity contribution in [3.63, 3.8) is 0 Å². The molecule has 0 saturated carbocycles. The van der Waals surface area contributed by atoms with E-state index in [4.69, 9.17) is 0 Å². The average molecular weight is 238 g/mol. The molecule has 0 aliphatic rings. The van der Waals surface area contributed by atoms with Crippen molar-refractivity contribution in [3.8, 4) is 0 Å². The van der Waals surface area contributed by atoms with Gasteiger partial charge in [0.2, 0.25) is 0 Å². The van der Waals surface area contributed by atoms with Gasteiger partial charge in [-0.05, 0) is 12.8 Å². The van der Waals surface area contributed by atoms with Crippen molar-refractivity contribution in [3.05, 3.63) is 0 Å². The molecule has 0 aromatic rings. The zero-order valence-corrected chi connectivity index (χ0v) is 10.5. The second-order valence-electron chi connectivity index (χ2n) is 3.47. The van der Waals surface area contributed by atoms with Crippen LogP contribution in [0.25, 0.3) is 0 Å². The topological polar surface area (TPSA) is 52.6 Å². The summed E-state index contributed by atoms with van der Waals surface area (Å²) < 4.78 is 31.3. The standard InChI is InChI=1S/C10H22O4S/c1-3-5-6-7-8-10-14-15(11,12)13-9-4-2/h3-10H2,1-2H3. The van der Waals surface area contributed by atoms with Gasteiger partial charge >= 0.3 is 10.4 Å². The fraction of sp³-hybridized carbons (Fsp3) is 1.00. The van der Waals surface area contributed by atoms with Gasteiger partial charge in [0, 0.05) is 0 Å². The number of rotatable bonds is 10. The largest absolute Gasteiger partial charge is 0.399 e. The molecule has 15 heavy (non-hydrogen) atoms.